The number of aliphatic carboxylic acids is 1. The average molecular weight is 2040 g/mol. The number of methoxy groups -OCH3 is 1. The molecule has 0 bridgehead atoms. The van der Waals surface area contributed by atoms with Gasteiger partial charge in [0, 0.05) is 163 Å². The molecule has 7 N–H and O–H groups in total. The molecule has 9 atom stereocenters. The topological polar surface area (TPSA) is 345 Å². The lowest BCUT2D eigenvalue weighted by atomic mass is 9.81. The summed E-state index contributed by atoms with van der Waals surface area (Å²) in [5, 5.41) is 18.2. The van der Waals surface area contributed by atoms with E-state index in [1.54, 1.807) is 6.92 Å². The molecule has 4 aromatic carbocycles. The van der Waals surface area contributed by atoms with E-state index in [-0.39, 0.29) is 84.0 Å². The van der Waals surface area contributed by atoms with E-state index < -0.39 is 58.4 Å². The Morgan fingerprint density at radius 3 is 1.50 bits per heavy atom. The van der Waals surface area contributed by atoms with Crippen molar-refractivity contribution in [3.8, 4) is 0 Å². The molecule has 0 saturated heterocycles. The lowest BCUT2D eigenvalue weighted by molar-refractivity contribution is -0.837. The fourth-order valence-corrected chi connectivity index (χ4v) is 22.1. The number of esters is 4. The predicted molar refractivity (Wildman–Crippen MR) is 567 cm³/mol. The van der Waals surface area contributed by atoms with Crippen LogP contribution in [0, 0.1) is 55.3 Å². The lowest BCUT2D eigenvalue weighted by Crippen LogP contribution is -2.70. The number of halogens is 4. The molecule has 0 radical (unpaired) electrons. The molecule has 4 aromatic heterocycles. The van der Waals surface area contributed by atoms with Crippen LogP contribution in [0.4, 0.5) is 11.4 Å². The highest BCUT2D eigenvalue weighted by molar-refractivity contribution is 6.34. The van der Waals surface area contributed by atoms with Gasteiger partial charge < -0.3 is 65.1 Å². The second-order valence-electron chi connectivity index (χ2n) is 41.5. The molecule has 772 valence electrons. The van der Waals surface area contributed by atoms with Crippen molar-refractivity contribution in [1.82, 2.24) is 38.9 Å². The molecule has 8 aromatic rings. The van der Waals surface area contributed by atoms with Crippen molar-refractivity contribution in [3.05, 3.63) is 176 Å². The van der Waals surface area contributed by atoms with Crippen molar-refractivity contribution >= 4 is 168 Å². The van der Waals surface area contributed by atoms with Gasteiger partial charge in [-0.2, -0.15) is 9.13 Å². The second kappa shape index (κ2) is 48.7. The van der Waals surface area contributed by atoms with Gasteiger partial charge in [-0.1, -0.05) is 90.6 Å². The van der Waals surface area contributed by atoms with E-state index in [0.29, 0.717) is 123 Å². The lowest BCUT2D eigenvalue weighted by Gasteiger charge is -2.39. The molecule has 0 fully saturated rings. The number of carbonyl (C=O) groups excluding carboxylic acids is 8. The Labute approximate surface area is 861 Å². The SMILES string of the molecule is CC(C)(C)OC(=O)[C@@H](N)CCCNCc1ccccc1.CC[C@H]1C2=[N+]3C(=Cc4c(C(C)=O)c(C)c5n4[C@]34n3c(c(C)c6c3=C(C3=[N+]4C(=C5)[C@@H](C)[C@@H]3CCC(=O)O)C(C(=O)OC)C6=O)=C2)[C@@H]1C.Cn1c(CCCC(=O)C[C@@H](CCCN)C(=O)OC(C)(C)C)nc2cc(N(CCCl)CCCl)ccc21.Cn1c(CCCC(=O)C[C@@H](CCCNCc2ccccc2)C(=O)OC(C)(C)C)nc2cc(N(CCCl)CCCl)ccc21. The number of carboxylic acids is 1. The number of aryl methyl sites for hydroxylation is 4. The van der Waals surface area contributed by atoms with Gasteiger partial charge in [0.2, 0.25) is 5.71 Å². The van der Waals surface area contributed by atoms with E-state index in [1.165, 1.54) is 23.9 Å². The van der Waals surface area contributed by atoms with Crippen LogP contribution < -0.4 is 42.6 Å². The maximum atomic E-state index is 14.5. The third-order valence-electron chi connectivity index (χ3n) is 27.9. The molecular formula is C111H148Cl4N14O14+2. The Bertz CT molecular complexity index is 6270. The average Bonchev–Trinajstić information content (AvgIpc) is 1.45. The molecular weight excluding hydrogens is 1900 g/mol. The number of nitrogens with one attached hydrogen (secondary N) is 2. The van der Waals surface area contributed by atoms with Gasteiger partial charge in [-0.15, -0.1) is 46.4 Å². The summed E-state index contributed by atoms with van der Waals surface area (Å²) in [6.07, 6.45) is 15.8. The van der Waals surface area contributed by atoms with Crippen LogP contribution in [0.2, 0.25) is 0 Å². The number of nitrogens with zero attached hydrogens (tertiary/aromatic N) is 10. The van der Waals surface area contributed by atoms with Crippen LogP contribution in [-0.4, -0.2) is 206 Å². The highest BCUT2D eigenvalue weighted by Crippen LogP contribution is 2.56. The number of benzene rings is 4. The number of hydrogen-bond donors (Lipinski definition) is 5. The first-order valence-corrected chi connectivity index (χ1v) is 52.8. The number of ether oxygens (including phenoxy) is 4. The zero-order valence-electron chi connectivity index (χ0n) is 86.7. The van der Waals surface area contributed by atoms with Crippen LogP contribution in [0.25, 0.3) is 45.9 Å². The van der Waals surface area contributed by atoms with Gasteiger partial charge in [0.05, 0.1) is 92.3 Å². The summed E-state index contributed by atoms with van der Waals surface area (Å²) in [7, 11) is 5.31. The fourth-order valence-electron chi connectivity index (χ4n) is 21.2. The van der Waals surface area contributed by atoms with E-state index in [9.17, 15) is 48.3 Å². The largest absolute Gasteiger partial charge is 0.552 e. The molecule has 1 unspecified atom stereocenters. The number of anilines is 2. The minimum absolute atomic E-state index is 0.00588. The summed E-state index contributed by atoms with van der Waals surface area (Å²) >= 11 is 23.9. The second-order valence-corrected chi connectivity index (χ2v) is 43.1. The van der Waals surface area contributed by atoms with Crippen molar-refractivity contribution in [2.75, 3.05) is 86.2 Å². The molecule has 28 nitrogen and oxygen atoms in total. The summed E-state index contributed by atoms with van der Waals surface area (Å²) in [6.45, 7) is 35.4. The number of imidazole rings is 2. The van der Waals surface area contributed by atoms with Crippen molar-refractivity contribution in [2.45, 2.75) is 255 Å². The van der Waals surface area contributed by atoms with Crippen molar-refractivity contribution in [1.29, 1.82) is 0 Å². The van der Waals surface area contributed by atoms with Gasteiger partial charge in [-0.05, 0) is 226 Å². The van der Waals surface area contributed by atoms with Gasteiger partial charge in [0.15, 0.2) is 34.6 Å². The number of ketones is 4. The van der Waals surface area contributed by atoms with Crippen LogP contribution in [0.1, 0.15) is 252 Å². The molecule has 0 saturated carbocycles. The monoisotopic (exact) mass is 2040 g/mol. The smallest absolute Gasteiger partial charge is 0.481 e. The molecule has 1 aliphatic carbocycles. The highest BCUT2D eigenvalue weighted by Gasteiger charge is 2.77. The number of nitrogens with two attached hydrogens (primary N) is 2. The third-order valence-corrected chi connectivity index (χ3v) is 28.6. The first-order chi connectivity index (χ1) is 68.0. The van der Waals surface area contributed by atoms with Crippen LogP contribution in [0.5, 0.6) is 0 Å². The number of hydrogen-bond acceptors (Lipinski definition) is 21. The van der Waals surface area contributed by atoms with Crippen molar-refractivity contribution < 1.29 is 76.4 Å². The summed E-state index contributed by atoms with van der Waals surface area (Å²) in [5.74, 6) is -1.70. The van der Waals surface area contributed by atoms with E-state index in [2.05, 4.69) is 148 Å². The molecule has 10 heterocycles. The molecule has 1 spiro atoms. The molecule has 15 rings (SSSR count). The number of alkyl halides is 4. The Balaban J connectivity index is 0.000000176. The van der Waals surface area contributed by atoms with E-state index in [0.717, 1.165) is 162 Å². The number of aromatic nitrogens is 6. The van der Waals surface area contributed by atoms with Crippen LogP contribution in [-0.2, 0) is 98.4 Å². The zero-order chi connectivity index (χ0) is 104. The third kappa shape index (κ3) is 25.3. The van der Waals surface area contributed by atoms with Gasteiger partial charge in [0.25, 0.3) is 0 Å². The maximum Gasteiger partial charge on any atom is 0.552 e. The molecule has 143 heavy (non-hydrogen) atoms. The minimum Gasteiger partial charge on any atom is -0.481 e. The van der Waals surface area contributed by atoms with Gasteiger partial charge in [0.1, 0.15) is 46.1 Å². The first kappa shape index (κ1) is 111. The number of rotatable bonds is 46. The van der Waals surface area contributed by atoms with Crippen LogP contribution in [0.3, 0.4) is 0 Å². The molecule has 0 amide bonds. The first-order valence-electron chi connectivity index (χ1n) is 50.7. The summed E-state index contributed by atoms with van der Waals surface area (Å²) < 4.78 is 35.1. The standard InChI is InChI=1S/C36H35N4O6.C33H46Cl2N4O3.C26H40Cl2N4O3.C16H26N2O2/c1-8-19-14(2)21-13-26-28(18(6)41)16(4)23-11-22-15(3)20(9-10-27(42)43)32-30-31(35(45)46-7)34(44)29-17(5)24-12-25(19)37(21)36(38(23)26,39(22)32)40(24)33(29)30;1-33(2,3)42-32(41)26(12-9-19-36-24-25-10-6-5-7-11-25)22-28(40)13-8-14-31-37-29-23-27(15-16-30(29)38(31)4)39(20-17-34)21-18-35;1-26(2,3)35-25(34)19(7-6-14-29)17-21(33)8-5-9-24-30-22-18-20(10-11-23(22)31(24)4)32(15-12-27)16-13-28;1-16(2,3)20-15(19)14(17)10-7-11-18-12-13-8-5-4-6-9-13/h11-15,19-20,31H,8-10H2,1-7H3;5-7,10-11,15-16,23,26,36H,8-9,12-14,17-22,24H2,1-4H3;10-11,18-19H,5-9,12-17,29H2,1-4H3;4-6,8-9,14,18H,7,10-12,17H2,1-3H3/q+1;;;/p+1/t14-,15+,19-,20+,31?,36-;26-;19-;14-/m1110/s1. The Morgan fingerprint density at radius 1 is 0.587 bits per heavy atom. The number of allylic oxidation sites excluding steroid dienone is 2. The Morgan fingerprint density at radius 2 is 1.05 bits per heavy atom. The van der Waals surface area contributed by atoms with Gasteiger partial charge in [-0.25, -0.2) is 9.97 Å². The Kier molecular flexibility index (Phi) is 37.9. The number of fused-ring (bicyclic) bond motifs is 3. The molecule has 6 aliphatic heterocycles. The summed E-state index contributed by atoms with van der Waals surface area (Å²) in [4.78, 5) is 130. The van der Waals surface area contributed by atoms with Crippen LogP contribution >= 0.6 is 46.4 Å². The van der Waals surface area contributed by atoms with Crippen LogP contribution in [0.15, 0.2) is 108 Å². The van der Waals surface area contributed by atoms with E-state index >= 15 is 0 Å². The molecule has 7 aliphatic rings. The van der Waals surface area contributed by atoms with Gasteiger partial charge >= 0.3 is 35.8 Å². The Hall–Kier alpha value is -10.4. The number of Topliss-reactive ketones (excluding diaryl/α,β-unsaturated/α-hetero) is 4. The number of carboxylic acid groups (broad SMARTS) is 1. The summed E-state index contributed by atoms with van der Waals surface area (Å²) in [5.41, 5.74) is 27.7. The quantitative estimate of drug-likeness (QED) is 0.00450. The van der Waals surface area contributed by atoms with Crippen molar-refractivity contribution in [2.24, 2.45) is 67.0 Å². The normalized spacial score (nSPS) is 18.2. The zero-order valence-corrected chi connectivity index (χ0v) is 89.7. The highest BCUT2D eigenvalue weighted by atomic mass is 35.5. The predicted octanol–water partition coefficient (Wildman–Crippen LogP) is 16.3. The maximum absolute atomic E-state index is 14.5. The molecule has 32 heteroatoms. The van der Waals surface area contributed by atoms with Gasteiger partial charge in [-0.3, -0.25) is 43.2 Å². The number of carbonyl (C=O) groups is 9. The van der Waals surface area contributed by atoms with E-state index in [1.807, 2.05) is 127 Å². The summed E-state index contributed by atoms with van der Waals surface area (Å²) in [6, 6.07) is 32.3. The fraction of sp³-hybridized carbons (Fsp3) is 0.541. The van der Waals surface area contributed by atoms with Crippen molar-refractivity contribution in [3.63, 3.8) is 0 Å². The van der Waals surface area contributed by atoms with E-state index in [4.69, 9.17) is 86.8 Å². The minimum atomic E-state index is -1.14.